The highest BCUT2D eigenvalue weighted by Crippen LogP contribution is 2.34. The molecule has 3 aromatic rings. The van der Waals surface area contributed by atoms with Gasteiger partial charge in [-0.25, -0.2) is 19.4 Å². The number of amides is 1. The van der Waals surface area contributed by atoms with Crippen molar-refractivity contribution in [2.75, 3.05) is 6.61 Å². The molecule has 1 fully saturated rings. The van der Waals surface area contributed by atoms with Crippen molar-refractivity contribution in [2.24, 2.45) is 5.92 Å². The Bertz CT molecular complexity index is 1260. The Morgan fingerprint density at radius 3 is 2.69 bits per heavy atom. The quantitative estimate of drug-likeness (QED) is 0.448. The van der Waals surface area contributed by atoms with E-state index in [1.165, 1.54) is 6.33 Å². The molecule has 1 saturated carbocycles. The summed E-state index contributed by atoms with van der Waals surface area (Å²) < 4.78 is 13.1. The summed E-state index contributed by atoms with van der Waals surface area (Å²) in [6.07, 6.45) is 7.97. The van der Waals surface area contributed by atoms with Crippen LogP contribution in [0.4, 0.5) is 4.79 Å². The average molecular weight is 509 g/mol. The monoisotopic (exact) mass is 508 g/mol. The van der Waals surface area contributed by atoms with Gasteiger partial charge in [-0.15, -0.1) is 0 Å². The van der Waals surface area contributed by atoms with E-state index in [0.717, 1.165) is 25.7 Å². The van der Waals surface area contributed by atoms with E-state index in [2.05, 4.69) is 26.5 Å². The van der Waals surface area contributed by atoms with Crippen molar-refractivity contribution >= 4 is 17.7 Å². The zero-order chi connectivity index (χ0) is 25.7. The van der Waals surface area contributed by atoms with Gasteiger partial charge in [0, 0.05) is 17.8 Å². The van der Waals surface area contributed by atoms with E-state index in [0.29, 0.717) is 40.8 Å². The first-order valence-corrected chi connectivity index (χ1v) is 12.3. The number of ether oxygens (including phenoxy) is 2. The smallest absolute Gasteiger partial charge is 0.407 e. The first-order valence-electron chi connectivity index (χ1n) is 11.9. The van der Waals surface area contributed by atoms with Crippen LogP contribution in [0.2, 0.25) is 5.15 Å². The van der Waals surface area contributed by atoms with Gasteiger partial charge in [0.1, 0.15) is 23.7 Å². The van der Waals surface area contributed by atoms with Gasteiger partial charge in [-0.3, -0.25) is 0 Å². The van der Waals surface area contributed by atoms with Crippen molar-refractivity contribution in [1.82, 2.24) is 25.1 Å². The number of para-hydroxylation sites is 1. The number of carbonyl (C=O) groups is 1. The van der Waals surface area contributed by atoms with Crippen LogP contribution in [0.15, 0.2) is 43.0 Å². The lowest BCUT2D eigenvalue weighted by molar-refractivity contribution is 0.0483. The Hall–Kier alpha value is -3.64. The Labute approximate surface area is 215 Å². The van der Waals surface area contributed by atoms with Gasteiger partial charge < -0.3 is 14.8 Å². The van der Waals surface area contributed by atoms with Gasteiger partial charge in [-0.05, 0) is 64.5 Å². The summed E-state index contributed by atoms with van der Waals surface area (Å²) in [4.78, 5) is 20.5. The predicted octanol–water partition coefficient (Wildman–Crippen LogP) is 5.32. The Morgan fingerprint density at radius 2 is 1.97 bits per heavy atom. The van der Waals surface area contributed by atoms with Crippen molar-refractivity contribution in [1.29, 1.82) is 5.26 Å². The SMILES string of the molecule is CC(C)(C)OC(=O)N[C@H]1CC[C@@H](COc2c(Cl)ncnc2-c2cnn(-c3ccccc3C#N)c2)CC1. The minimum absolute atomic E-state index is 0.0948. The van der Waals surface area contributed by atoms with E-state index in [-0.39, 0.29) is 17.3 Å². The lowest BCUT2D eigenvalue weighted by atomic mass is 9.86. The summed E-state index contributed by atoms with van der Waals surface area (Å²) in [5, 5.41) is 17.0. The zero-order valence-corrected chi connectivity index (χ0v) is 21.3. The topological polar surface area (TPSA) is 115 Å². The second-order valence-corrected chi connectivity index (χ2v) is 10.2. The van der Waals surface area contributed by atoms with Gasteiger partial charge in [0.25, 0.3) is 0 Å². The highest BCUT2D eigenvalue weighted by Gasteiger charge is 2.26. The molecule has 0 saturated heterocycles. The number of carbonyl (C=O) groups excluding carboxylic acids is 1. The maximum Gasteiger partial charge on any atom is 0.407 e. The molecule has 4 rings (SSSR count). The number of hydrogen-bond donors (Lipinski definition) is 1. The van der Waals surface area contributed by atoms with Crippen LogP contribution in [0.3, 0.4) is 0 Å². The maximum atomic E-state index is 12.0. The minimum atomic E-state index is -0.514. The lowest BCUT2D eigenvalue weighted by Crippen LogP contribution is -2.41. The number of alkyl carbamates (subject to hydrolysis) is 1. The number of nitrogens with one attached hydrogen (secondary N) is 1. The summed E-state index contributed by atoms with van der Waals surface area (Å²) in [5.74, 6) is 0.720. The highest BCUT2D eigenvalue weighted by molar-refractivity contribution is 6.31. The first kappa shape index (κ1) is 25.5. The first-order chi connectivity index (χ1) is 17.2. The van der Waals surface area contributed by atoms with Crippen molar-refractivity contribution in [3.8, 4) is 28.8 Å². The molecule has 1 N–H and O–H groups in total. The summed E-state index contributed by atoms with van der Waals surface area (Å²) in [5.41, 5.74) is 1.91. The Balaban J connectivity index is 1.40. The zero-order valence-electron chi connectivity index (χ0n) is 20.6. The van der Waals surface area contributed by atoms with Gasteiger partial charge in [0.05, 0.1) is 24.1 Å². The number of hydrogen-bond acceptors (Lipinski definition) is 7. The van der Waals surface area contributed by atoms with Crippen molar-refractivity contribution < 1.29 is 14.3 Å². The van der Waals surface area contributed by atoms with Crippen LogP contribution in [0.25, 0.3) is 16.9 Å². The molecule has 188 valence electrons. The van der Waals surface area contributed by atoms with E-state index in [1.54, 1.807) is 23.1 Å². The van der Waals surface area contributed by atoms with E-state index >= 15 is 0 Å². The Kier molecular flexibility index (Phi) is 7.75. The van der Waals surface area contributed by atoms with Crippen molar-refractivity contribution in [3.63, 3.8) is 0 Å². The van der Waals surface area contributed by atoms with Gasteiger partial charge in [-0.2, -0.15) is 10.4 Å². The molecule has 0 unspecified atom stereocenters. The lowest BCUT2D eigenvalue weighted by Gasteiger charge is -2.30. The number of benzene rings is 1. The van der Waals surface area contributed by atoms with E-state index in [9.17, 15) is 10.1 Å². The summed E-state index contributed by atoms with van der Waals surface area (Å²) in [7, 11) is 0. The van der Waals surface area contributed by atoms with Gasteiger partial charge in [-0.1, -0.05) is 23.7 Å². The van der Waals surface area contributed by atoms with Crippen LogP contribution < -0.4 is 10.1 Å². The van der Waals surface area contributed by atoms with Crippen LogP contribution in [0.1, 0.15) is 52.0 Å². The fourth-order valence-electron chi connectivity index (χ4n) is 4.18. The second-order valence-electron chi connectivity index (χ2n) is 9.82. The number of rotatable bonds is 6. The number of nitriles is 1. The molecular weight excluding hydrogens is 480 g/mol. The summed E-state index contributed by atoms with van der Waals surface area (Å²) >= 11 is 6.39. The van der Waals surface area contributed by atoms with E-state index < -0.39 is 5.60 Å². The van der Waals surface area contributed by atoms with Crippen LogP contribution in [-0.2, 0) is 4.74 Å². The minimum Gasteiger partial charge on any atom is -0.488 e. The van der Waals surface area contributed by atoms with E-state index in [1.807, 2.05) is 39.0 Å². The van der Waals surface area contributed by atoms with Crippen molar-refractivity contribution in [2.45, 2.75) is 58.1 Å². The molecule has 9 nitrogen and oxygen atoms in total. The third-order valence-electron chi connectivity index (χ3n) is 5.92. The average Bonchev–Trinajstić information content (AvgIpc) is 3.33. The molecule has 1 aliphatic carbocycles. The molecule has 0 radical (unpaired) electrons. The molecule has 0 aliphatic heterocycles. The molecule has 10 heteroatoms. The van der Waals surface area contributed by atoms with Crippen LogP contribution >= 0.6 is 11.6 Å². The molecule has 0 atom stereocenters. The third-order valence-corrected chi connectivity index (χ3v) is 6.19. The standard InChI is InChI=1S/C26H29ClN6O3/c1-26(2,3)36-25(34)32-20-10-8-17(9-11-20)15-35-23-22(29-16-30-24(23)27)19-13-31-33(14-19)21-7-5-4-6-18(21)12-28/h4-7,13-14,16-17,20H,8-11,15H2,1-3H3,(H,32,34)/t17-,20+. The highest BCUT2D eigenvalue weighted by atomic mass is 35.5. The van der Waals surface area contributed by atoms with Crippen molar-refractivity contribution in [3.05, 3.63) is 53.7 Å². The third kappa shape index (κ3) is 6.32. The van der Waals surface area contributed by atoms with Crippen LogP contribution in [-0.4, -0.2) is 44.1 Å². The molecule has 1 aromatic carbocycles. The second kappa shape index (κ2) is 11.0. The number of aromatic nitrogens is 4. The molecular formula is C26H29ClN6O3. The molecule has 2 aromatic heterocycles. The Morgan fingerprint density at radius 1 is 1.22 bits per heavy atom. The molecule has 36 heavy (non-hydrogen) atoms. The van der Waals surface area contributed by atoms with Gasteiger partial charge >= 0.3 is 6.09 Å². The number of nitrogens with zero attached hydrogens (tertiary/aromatic N) is 5. The van der Waals surface area contributed by atoms with Crippen LogP contribution in [0.5, 0.6) is 5.75 Å². The number of halogens is 1. The fourth-order valence-corrected chi connectivity index (χ4v) is 4.37. The molecule has 0 spiro atoms. The van der Waals surface area contributed by atoms with Gasteiger partial charge in [0.15, 0.2) is 10.9 Å². The van der Waals surface area contributed by atoms with E-state index in [4.69, 9.17) is 21.1 Å². The molecule has 1 amide bonds. The summed E-state index contributed by atoms with van der Waals surface area (Å²) in [6, 6.07) is 9.51. The maximum absolute atomic E-state index is 12.0. The largest absolute Gasteiger partial charge is 0.488 e. The van der Waals surface area contributed by atoms with Gasteiger partial charge in [0.2, 0.25) is 0 Å². The van der Waals surface area contributed by atoms with Crippen LogP contribution in [0, 0.1) is 17.2 Å². The molecule has 2 heterocycles. The molecule has 1 aliphatic rings. The molecule has 0 bridgehead atoms. The normalized spacial score (nSPS) is 17.8. The summed E-state index contributed by atoms with van der Waals surface area (Å²) in [6.45, 7) is 6.02. The predicted molar refractivity (Wildman–Crippen MR) is 135 cm³/mol. The fraction of sp³-hybridized carbons (Fsp3) is 0.423.